The maximum atomic E-state index is 6.09. The molecule has 0 aliphatic carbocycles. The van der Waals surface area contributed by atoms with Crippen LogP contribution in [0.4, 0.5) is 0 Å². The highest BCUT2D eigenvalue weighted by atomic mass is 127. The number of methoxy groups -OCH3 is 1. The van der Waals surface area contributed by atoms with E-state index in [1.54, 1.807) is 18.4 Å². The van der Waals surface area contributed by atoms with Gasteiger partial charge in [-0.05, 0) is 35.6 Å². The zero-order valence-corrected chi connectivity index (χ0v) is 19.3. The summed E-state index contributed by atoms with van der Waals surface area (Å²) in [6.07, 6.45) is 0.958. The van der Waals surface area contributed by atoms with Crippen LogP contribution in [-0.4, -0.2) is 57.4 Å². The van der Waals surface area contributed by atoms with Gasteiger partial charge >= 0.3 is 0 Å². The summed E-state index contributed by atoms with van der Waals surface area (Å²) in [7, 11) is 1.68. The quantitative estimate of drug-likeness (QED) is 0.321. The van der Waals surface area contributed by atoms with E-state index in [1.807, 2.05) is 12.1 Å². The van der Waals surface area contributed by atoms with Crippen LogP contribution in [0.1, 0.15) is 16.5 Å². The van der Waals surface area contributed by atoms with Crippen LogP contribution in [0.2, 0.25) is 0 Å². The van der Waals surface area contributed by atoms with Crippen molar-refractivity contribution < 1.29 is 9.47 Å². The number of nitrogens with one attached hydrogen (secondary N) is 1. The van der Waals surface area contributed by atoms with Gasteiger partial charge in [0.15, 0.2) is 5.96 Å². The first-order chi connectivity index (χ1) is 13.3. The molecule has 0 spiro atoms. The Morgan fingerprint density at radius 1 is 1.29 bits per heavy atom. The van der Waals surface area contributed by atoms with E-state index in [2.05, 4.69) is 44.9 Å². The zero-order valence-electron chi connectivity index (χ0n) is 16.2. The Morgan fingerprint density at radius 3 is 2.68 bits per heavy atom. The summed E-state index contributed by atoms with van der Waals surface area (Å²) in [6.45, 7) is 4.72. The van der Waals surface area contributed by atoms with Crippen molar-refractivity contribution in [2.75, 3.05) is 46.5 Å². The van der Waals surface area contributed by atoms with Gasteiger partial charge in [0.25, 0.3) is 0 Å². The lowest BCUT2D eigenvalue weighted by Crippen LogP contribution is -2.41. The van der Waals surface area contributed by atoms with Crippen molar-refractivity contribution in [1.29, 1.82) is 0 Å². The number of aliphatic imine (C=N–C) groups is 1. The molecule has 3 rings (SSSR count). The van der Waals surface area contributed by atoms with Gasteiger partial charge in [-0.2, -0.15) is 0 Å². The van der Waals surface area contributed by atoms with Crippen LogP contribution in [0.5, 0.6) is 5.75 Å². The van der Waals surface area contributed by atoms with Gasteiger partial charge in [0.2, 0.25) is 0 Å². The van der Waals surface area contributed by atoms with E-state index in [0.29, 0.717) is 12.5 Å². The summed E-state index contributed by atoms with van der Waals surface area (Å²) in [4.78, 5) is 8.37. The lowest BCUT2D eigenvalue weighted by Gasteiger charge is -2.34. The lowest BCUT2D eigenvalue weighted by atomic mass is 10.0. The number of nitrogens with zero attached hydrogens (tertiary/aromatic N) is 2. The van der Waals surface area contributed by atoms with Crippen LogP contribution in [0.15, 0.2) is 46.8 Å². The number of hydrogen-bond donors (Lipinski definition) is 2. The minimum absolute atomic E-state index is 0. The monoisotopic (exact) mass is 516 g/mol. The standard InChI is InChI=1S/C20H28N4O2S.HI/c1-25-17-6-4-16(5-7-17)19(24-10-12-26-13-11-24)15-23-20(21)22-9-8-18-3-2-14-27-18;/h2-7,14,19H,8-13,15H2,1H3,(H3,21,22,23);1H. The van der Waals surface area contributed by atoms with Gasteiger partial charge < -0.3 is 20.5 Å². The molecule has 1 fully saturated rings. The minimum atomic E-state index is 0. The van der Waals surface area contributed by atoms with Crippen molar-refractivity contribution in [3.8, 4) is 5.75 Å². The highest BCUT2D eigenvalue weighted by molar-refractivity contribution is 14.0. The third kappa shape index (κ3) is 6.91. The number of halogens is 1. The molecule has 2 heterocycles. The Labute approximate surface area is 188 Å². The van der Waals surface area contributed by atoms with Gasteiger partial charge in [-0.1, -0.05) is 18.2 Å². The van der Waals surface area contributed by atoms with Gasteiger partial charge in [-0.25, -0.2) is 0 Å². The molecule has 0 amide bonds. The minimum Gasteiger partial charge on any atom is -0.497 e. The maximum Gasteiger partial charge on any atom is 0.188 e. The number of hydrogen-bond acceptors (Lipinski definition) is 5. The van der Waals surface area contributed by atoms with Crippen molar-refractivity contribution in [3.63, 3.8) is 0 Å². The van der Waals surface area contributed by atoms with Crippen LogP contribution < -0.4 is 15.8 Å². The van der Waals surface area contributed by atoms with E-state index in [0.717, 1.165) is 45.0 Å². The second-order valence-electron chi connectivity index (χ2n) is 6.42. The molecule has 1 saturated heterocycles. The number of thiophene rings is 1. The highest BCUT2D eigenvalue weighted by Crippen LogP contribution is 2.24. The summed E-state index contributed by atoms with van der Waals surface area (Å²) in [5, 5.41) is 5.31. The van der Waals surface area contributed by atoms with Gasteiger partial charge in [0.1, 0.15) is 5.75 Å². The molecule has 2 aromatic rings. The van der Waals surface area contributed by atoms with E-state index in [9.17, 15) is 0 Å². The Hall–Kier alpha value is -1.36. The number of nitrogens with two attached hydrogens (primary N) is 1. The van der Waals surface area contributed by atoms with Crippen molar-refractivity contribution in [2.45, 2.75) is 12.5 Å². The molecule has 1 atom stereocenters. The molecule has 1 aromatic heterocycles. The molecule has 6 nitrogen and oxygen atoms in total. The van der Waals surface area contributed by atoms with Gasteiger partial charge in [0.05, 0.1) is 32.9 Å². The molecule has 1 aromatic carbocycles. The van der Waals surface area contributed by atoms with E-state index < -0.39 is 0 Å². The van der Waals surface area contributed by atoms with Crippen LogP contribution in [0.25, 0.3) is 0 Å². The van der Waals surface area contributed by atoms with Crippen molar-refractivity contribution in [2.24, 2.45) is 10.7 Å². The number of benzene rings is 1. The molecule has 3 N–H and O–H groups in total. The first-order valence-electron chi connectivity index (χ1n) is 9.28. The molecule has 154 valence electrons. The maximum absolute atomic E-state index is 6.09. The summed E-state index contributed by atoms with van der Waals surface area (Å²) in [5.74, 6) is 1.36. The molecule has 0 radical (unpaired) electrons. The topological polar surface area (TPSA) is 72.1 Å². The van der Waals surface area contributed by atoms with E-state index in [-0.39, 0.29) is 30.0 Å². The fraction of sp³-hybridized carbons (Fsp3) is 0.450. The van der Waals surface area contributed by atoms with Crippen LogP contribution in [0.3, 0.4) is 0 Å². The second-order valence-corrected chi connectivity index (χ2v) is 7.45. The van der Waals surface area contributed by atoms with Gasteiger partial charge in [-0.15, -0.1) is 35.3 Å². The zero-order chi connectivity index (χ0) is 18.9. The van der Waals surface area contributed by atoms with Crippen molar-refractivity contribution in [1.82, 2.24) is 10.2 Å². The van der Waals surface area contributed by atoms with Crippen LogP contribution >= 0.6 is 35.3 Å². The Balaban J connectivity index is 0.00000280. The number of ether oxygens (including phenoxy) is 2. The Bertz CT molecular complexity index is 704. The normalized spacial score (nSPS) is 16.2. The lowest BCUT2D eigenvalue weighted by molar-refractivity contribution is 0.0180. The highest BCUT2D eigenvalue weighted by Gasteiger charge is 2.22. The molecular formula is C20H29IN4O2S. The molecule has 0 saturated carbocycles. The molecule has 1 aliphatic heterocycles. The average molecular weight is 516 g/mol. The molecule has 1 aliphatic rings. The van der Waals surface area contributed by atoms with E-state index in [4.69, 9.17) is 15.2 Å². The molecule has 1 unspecified atom stereocenters. The third-order valence-electron chi connectivity index (χ3n) is 4.68. The Morgan fingerprint density at radius 2 is 2.04 bits per heavy atom. The van der Waals surface area contributed by atoms with Gasteiger partial charge in [0, 0.05) is 24.5 Å². The fourth-order valence-electron chi connectivity index (χ4n) is 3.16. The SMILES string of the molecule is COc1ccc(C(CN=C(N)NCCc2cccs2)N2CCOCC2)cc1.I. The predicted octanol–water partition coefficient (Wildman–Crippen LogP) is 2.90. The van der Waals surface area contributed by atoms with Crippen molar-refractivity contribution >= 4 is 41.3 Å². The molecule has 0 bridgehead atoms. The number of guanidine groups is 1. The summed E-state index contributed by atoms with van der Waals surface area (Å²) >= 11 is 1.76. The molecule has 28 heavy (non-hydrogen) atoms. The first-order valence-corrected chi connectivity index (χ1v) is 10.2. The predicted molar refractivity (Wildman–Crippen MR) is 126 cm³/mol. The average Bonchev–Trinajstić information content (AvgIpc) is 3.23. The van der Waals surface area contributed by atoms with Gasteiger partial charge in [-0.3, -0.25) is 9.89 Å². The smallest absolute Gasteiger partial charge is 0.188 e. The van der Waals surface area contributed by atoms with E-state index >= 15 is 0 Å². The van der Waals surface area contributed by atoms with Crippen molar-refractivity contribution in [3.05, 3.63) is 52.2 Å². The van der Waals surface area contributed by atoms with Crippen LogP contribution in [-0.2, 0) is 11.2 Å². The first kappa shape index (κ1) is 22.9. The number of rotatable bonds is 8. The fourth-order valence-corrected chi connectivity index (χ4v) is 3.87. The Kier molecular flexibility index (Phi) is 10.0. The third-order valence-corrected chi connectivity index (χ3v) is 5.62. The largest absolute Gasteiger partial charge is 0.497 e. The summed E-state index contributed by atoms with van der Waals surface area (Å²) in [6, 6.07) is 12.6. The summed E-state index contributed by atoms with van der Waals surface area (Å²) < 4.78 is 10.8. The second kappa shape index (κ2) is 12.3. The molecular weight excluding hydrogens is 487 g/mol. The van der Waals surface area contributed by atoms with E-state index in [1.165, 1.54) is 10.4 Å². The molecule has 8 heteroatoms. The summed E-state index contributed by atoms with van der Waals surface area (Å²) in [5.41, 5.74) is 7.31. The number of morpholine rings is 1. The van der Waals surface area contributed by atoms with Crippen LogP contribution in [0, 0.1) is 0 Å².